The molecule has 1 heterocycles. The molecule has 0 radical (unpaired) electrons. The predicted molar refractivity (Wildman–Crippen MR) is 119 cm³/mol. The van der Waals surface area contributed by atoms with E-state index in [2.05, 4.69) is 26.3 Å². The number of nitrogens with one attached hydrogen (secondary N) is 1. The SMILES string of the molecule is Cc1cc(Br)ccc1NC(=O)COC(=O)c1nn(CC(C)C)c(=O)c2ccccc12. The van der Waals surface area contributed by atoms with E-state index >= 15 is 0 Å². The summed E-state index contributed by atoms with van der Waals surface area (Å²) >= 11 is 3.37. The van der Waals surface area contributed by atoms with Gasteiger partial charge in [-0.15, -0.1) is 0 Å². The normalized spacial score (nSPS) is 11.0. The first-order valence-electron chi connectivity index (χ1n) is 9.49. The van der Waals surface area contributed by atoms with E-state index < -0.39 is 18.5 Å². The molecule has 2 aromatic carbocycles. The van der Waals surface area contributed by atoms with Crippen LogP contribution in [0.5, 0.6) is 0 Å². The van der Waals surface area contributed by atoms with Crippen LogP contribution in [0, 0.1) is 12.8 Å². The van der Waals surface area contributed by atoms with Crippen LogP contribution < -0.4 is 10.9 Å². The molecule has 0 bridgehead atoms. The Kier molecular flexibility index (Phi) is 6.66. The van der Waals surface area contributed by atoms with Gasteiger partial charge in [0.25, 0.3) is 11.5 Å². The lowest BCUT2D eigenvalue weighted by Crippen LogP contribution is -2.29. The van der Waals surface area contributed by atoms with E-state index in [-0.39, 0.29) is 17.2 Å². The van der Waals surface area contributed by atoms with Crippen molar-refractivity contribution in [2.75, 3.05) is 11.9 Å². The molecular weight excluding hydrogens is 450 g/mol. The summed E-state index contributed by atoms with van der Waals surface area (Å²) in [7, 11) is 0. The second-order valence-corrected chi connectivity index (χ2v) is 8.27. The molecule has 7 nitrogen and oxygen atoms in total. The van der Waals surface area contributed by atoms with Crippen molar-refractivity contribution in [2.24, 2.45) is 5.92 Å². The summed E-state index contributed by atoms with van der Waals surface area (Å²) < 4.78 is 7.37. The summed E-state index contributed by atoms with van der Waals surface area (Å²) in [4.78, 5) is 37.6. The zero-order chi connectivity index (χ0) is 21.8. The number of halogens is 1. The Morgan fingerprint density at radius 1 is 1.17 bits per heavy atom. The third kappa shape index (κ3) is 4.94. The molecule has 0 spiro atoms. The predicted octanol–water partition coefficient (Wildman–Crippen LogP) is 3.92. The molecule has 156 valence electrons. The highest BCUT2D eigenvalue weighted by molar-refractivity contribution is 9.10. The monoisotopic (exact) mass is 471 g/mol. The number of nitrogens with zero attached hydrogens (tertiary/aromatic N) is 2. The first-order valence-corrected chi connectivity index (χ1v) is 10.3. The zero-order valence-electron chi connectivity index (χ0n) is 16.9. The van der Waals surface area contributed by atoms with Gasteiger partial charge in [-0.1, -0.05) is 48.0 Å². The highest BCUT2D eigenvalue weighted by Crippen LogP contribution is 2.20. The van der Waals surface area contributed by atoms with Crippen molar-refractivity contribution >= 4 is 44.3 Å². The van der Waals surface area contributed by atoms with Crippen molar-refractivity contribution in [3.8, 4) is 0 Å². The fraction of sp³-hybridized carbons (Fsp3) is 0.273. The van der Waals surface area contributed by atoms with Gasteiger partial charge < -0.3 is 10.1 Å². The van der Waals surface area contributed by atoms with Crippen molar-refractivity contribution in [1.82, 2.24) is 9.78 Å². The first kappa shape index (κ1) is 21.7. The molecule has 30 heavy (non-hydrogen) atoms. The van der Waals surface area contributed by atoms with Crippen molar-refractivity contribution in [1.29, 1.82) is 0 Å². The Morgan fingerprint density at radius 3 is 2.53 bits per heavy atom. The molecule has 1 amide bonds. The summed E-state index contributed by atoms with van der Waals surface area (Å²) in [5.74, 6) is -1.06. The topological polar surface area (TPSA) is 90.3 Å². The summed E-state index contributed by atoms with van der Waals surface area (Å²) in [6.45, 7) is 5.67. The Balaban J connectivity index is 1.80. The van der Waals surface area contributed by atoms with E-state index in [1.807, 2.05) is 32.9 Å². The molecule has 8 heteroatoms. The maximum absolute atomic E-state index is 12.7. The number of hydrogen-bond acceptors (Lipinski definition) is 5. The van der Waals surface area contributed by atoms with Gasteiger partial charge in [-0.3, -0.25) is 9.59 Å². The number of benzene rings is 2. The van der Waals surface area contributed by atoms with E-state index in [1.54, 1.807) is 30.3 Å². The van der Waals surface area contributed by atoms with Crippen LogP contribution in [0.3, 0.4) is 0 Å². The average Bonchev–Trinajstić information content (AvgIpc) is 2.70. The average molecular weight is 472 g/mol. The largest absolute Gasteiger partial charge is 0.451 e. The van der Waals surface area contributed by atoms with Crippen LogP contribution in [-0.4, -0.2) is 28.3 Å². The first-order chi connectivity index (χ1) is 14.3. The second kappa shape index (κ2) is 9.21. The summed E-state index contributed by atoms with van der Waals surface area (Å²) in [5.41, 5.74) is 1.25. The third-order valence-corrected chi connectivity index (χ3v) is 4.89. The lowest BCUT2D eigenvalue weighted by molar-refractivity contribution is -0.119. The van der Waals surface area contributed by atoms with Crippen LogP contribution in [-0.2, 0) is 16.1 Å². The molecule has 1 N–H and O–H groups in total. The number of rotatable bonds is 6. The van der Waals surface area contributed by atoms with Gasteiger partial charge in [-0.2, -0.15) is 5.10 Å². The summed E-state index contributed by atoms with van der Waals surface area (Å²) in [5, 5.41) is 7.72. The lowest BCUT2D eigenvalue weighted by Gasteiger charge is -2.12. The van der Waals surface area contributed by atoms with Gasteiger partial charge in [-0.05, 0) is 42.7 Å². The van der Waals surface area contributed by atoms with E-state index in [0.29, 0.717) is 23.0 Å². The van der Waals surface area contributed by atoms with E-state index in [9.17, 15) is 14.4 Å². The van der Waals surface area contributed by atoms with E-state index in [4.69, 9.17) is 4.74 Å². The number of hydrogen-bond donors (Lipinski definition) is 1. The molecule has 3 aromatic rings. The van der Waals surface area contributed by atoms with Crippen molar-refractivity contribution in [2.45, 2.75) is 27.3 Å². The van der Waals surface area contributed by atoms with Crippen LogP contribution in [0.25, 0.3) is 10.8 Å². The lowest BCUT2D eigenvalue weighted by atomic mass is 10.1. The van der Waals surface area contributed by atoms with Crippen molar-refractivity contribution < 1.29 is 14.3 Å². The Hall–Kier alpha value is -3.00. The fourth-order valence-corrected chi connectivity index (χ4v) is 3.48. The fourth-order valence-electron chi connectivity index (χ4n) is 3.01. The van der Waals surface area contributed by atoms with Gasteiger partial charge >= 0.3 is 5.97 Å². The minimum absolute atomic E-state index is 0.0125. The van der Waals surface area contributed by atoms with Crippen LogP contribution in [0.4, 0.5) is 5.69 Å². The van der Waals surface area contributed by atoms with Gasteiger partial charge in [0, 0.05) is 22.1 Å². The summed E-state index contributed by atoms with van der Waals surface area (Å²) in [6, 6.07) is 12.2. The number of anilines is 1. The minimum atomic E-state index is -0.758. The van der Waals surface area contributed by atoms with Crippen LogP contribution in [0.15, 0.2) is 51.7 Å². The molecule has 0 saturated heterocycles. The highest BCUT2D eigenvalue weighted by atomic mass is 79.9. The molecule has 0 aliphatic carbocycles. The van der Waals surface area contributed by atoms with Gasteiger partial charge in [0.15, 0.2) is 12.3 Å². The standard InChI is InChI=1S/C22H22BrN3O4/c1-13(2)11-26-21(28)17-7-5-4-6-16(17)20(25-26)22(29)30-12-19(27)24-18-9-8-15(23)10-14(18)3/h4-10,13H,11-12H2,1-3H3,(H,24,27). The highest BCUT2D eigenvalue weighted by Gasteiger charge is 2.19. The van der Waals surface area contributed by atoms with Crippen molar-refractivity contribution in [3.63, 3.8) is 0 Å². The number of esters is 1. The molecule has 1 aromatic heterocycles. The number of aryl methyl sites for hydroxylation is 1. The van der Waals surface area contributed by atoms with Gasteiger partial charge in [0.05, 0.1) is 5.39 Å². The molecule has 0 unspecified atom stereocenters. The van der Waals surface area contributed by atoms with E-state index in [1.165, 1.54) is 4.68 Å². The number of fused-ring (bicyclic) bond motifs is 1. The quantitative estimate of drug-likeness (QED) is 0.550. The van der Waals surface area contributed by atoms with Crippen LogP contribution in [0.2, 0.25) is 0 Å². The molecule has 0 aliphatic heterocycles. The Morgan fingerprint density at radius 2 is 1.87 bits per heavy atom. The zero-order valence-corrected chi connectivity index (χ0v) is 18.5. The summed E-state index contributed by atoms with van der Waals surface area (Å²) in [6.07, 6.45) is 0. The smallest absolute Gasteiger partial charge is 0.359 e. The Bertz CT molecular complexity index is 1170. The molecule has 0 saturated carbocycles. The number of amides is 1. The van der Waals surface area contributed by atoms with Gasteiger partial charge in [-0.25, -0.2) is 9.48 Å². The molecule has 0 fully saturated rings. The third-order valence-electron chi connectivity index (χ3n) is 4.40. The number of aromatic nitrogens is 2. The van der Waals surface area contributed by atoms with Crippen LogP contribution >= 0.6 is 15.9 Å². The van der Waals surface area contributed by atoms with Gasteiger partial charge in [0.2, 0.25) is 0 Å². The second-order valence-electron chi connectivity index (χ2n) is 7.36. The van der Waals surface area contributed by atoms with Crippen LogP contribution in [0.1, 0.15) is 29.9 Å². The maximum atomic E-state index is 12.7. The molecular formula is C22H22BrN3O4. The van der Waals surface area contributed by atoms with Crippen molar-refractivity contribution in [3.05, 3.63) is 68.5 Å². The number of ether oxygens (including phenoxy) is 1. The Labute approximate surface area is 182 Å². The molecule has 0 aliphatic rings. The number of carbonyl (C=O) groups is 2. The number of carbonyl (C=O) groups excluding carboxylic acids is 2. The van der Waals surface area contributed by atoms with E-state index in [0.717, 1.165) is 10.0 Å². The maximum Gasteiger partial charge on any atom is 0.359 e. The molecule has 0 atom stereocenters. The minimum Gasteiger partial charge on any atom is -0.451 e. The van der Waals surface area contributed by atoms with Gasteiger partial charge in [0.1, 0.15) is 0 Å². The molecule has 3 rings (SSSR count).